The van der Waals surface area contributed by atoms with Crippen LogP contribution < -0.4 is 15.0 Å². The molecule has 0 saturated carbocycles. The molecule has 1 saturated heterocycles. The van der Waals surface area contributed by atoms with Crippen LogP contribution in [0, 0.1) is 0 Å². The van der Waals surface area contributed by atoms with Crippen molar-refractivity contribution >= 4 is 23.2 Å². The van der Waals surface area contributed by atoms with E-state index >= 15 is 0 Å². The number of hydrogen-bond acceptors (Lipinski definition) is 7. The van der Waals surface area contributed by atoms with E-state index in [4.69, 9.17) is 4.74 Å². The van der Waals surface area contributed by atoms with Crippen molar-refractivity contribution in [2.45, 2.75) is 0 Å². The minimum absolute atomic E-state index is 0.01000. The monoisotopic (exact) mass is 390 g/mol. The molecule has 1 aliphatic heterocycles. The number of ether oxygens (including phenoxy) is 1. The molecule has 0 atom stereocenters. The zero-order chi connectivity index (χ0) is 20.1. The molecule has 1 amide bonds. The van der Waals surface area contributed by atoms with Crippen LogP contribution in [0.5, 0.6) is 5.75 Å². The van der Waals surface area contributed by atoms with E-state index in [-0.39, 0.29) is 5.91 Å². The lowest BCUT2D eigenvalue weighted by atomic mass is 10.1. The van der Waals surface area contributed by atoms with Gasteiger partial charge in [-0.15, -0.1) is 10.2 Å². The SMILES string of the molecule is COc1ccccc1C(=O)N1CCN(c2ccc(Nc3cccnc3)nn2)CC1. The molecule has 1 N–H and O–H groups in total. The van der Waals surface area contributed by atoms with Gasteiger partial charge in [0.25, 0.3) is 5.91 Å². The Morgan fingerprint density at radius 2 is 1.83 bits per heavy atom. The van der Waals surface area contributed by atoms with Crippen molar-refractivity contribution in [3.63, 3.8) is 0 Å². The van der Waals surface area contributed by atoms with Crippen molar-refractivity contribution in [1.82, 2.24) is 20.1 Å². The van der Waals surface area contributed by atoms with Crippen LogP contribution in [-0.4, -0.2) is 59.3 Å². The molecule has 0 unspecified atom stereocenters. The van der Waals surface area contributed by atoms with E-state index in [0.717, 1.165) is 11.5 Å². The maximum atomic E-state index is 12.8. The lowest BCUT2D eigenvalue weighted by Crippen LogP contribution is -2.49. The molecule has 1 aliphatic rings. The molecule has 1 aromatic carbocycles. The molecular weight excluding hydrogens is 368 g/mol. The molecule has 29 heavy (non-hydrogen) atoms. The Labute approximate surface area is 169 Å². The van der Waals surface area contributed by atoms with Gasteiger partial charge in [-0.2, -0.15) is 0 Å². The molecule has 8 heteroatoms. The van der Waals surface area contributed by atoms with E-state index in [1.165, 1.54) is 0 Å². The lowest BCUT2D eigenvalue weighted by molar-refractivity contribution is 0.0743. The zero-order valence-corrected chi connectivity index (χ0v) is 16.2. The van der Waals surface area contributed by atoms with E-state index < -0.39 is 0 Å². The molecule has 2 aromatic heterocycles. The van der Waals surface area contributed by atoms with Crippen molar-refractivity contribution in [2.24, 2.45) is 0 Å². The molecule has 4 rings (SSSR count). The summed E-state index contributed by atoms with van der Waals surface area (Å²) in [4.78, 5) is 20.9. The largest absolute Gasteiger partial charge is 0.496 e. The summed E-state index contributed by atoms with van der Waals surface area (Å²) in [5, 5.41) is 11.7. The van der Waals surface area contributed by atoms with Crippen molar-refractivity contribution in [3.8, 4) is 5.75 Å². The van der Waals surface area contributed by atoms with E-state index in [1.807, 2.05) is 41.3 Å². The highest BCUT2D eigenvalue weighted by Crippen LogP contribution is 2.21. The Hall–Kier alpha value is -3.68. The zero-order valence-electron chi connectivity index (χ0n) is 16.2. The molecule has 0 spiro atoms. The van der Waals surface area contributed by atoms with Gasteiger partial charge in [-0.05, 0) is 36.4 Å². The van der Waals surface area contributed by atoms with Crippen molar-refractivity contribution in [2.75, 3.05) is 43.5 Å². The molecule has 3 aromatic rings. The molecule has 0 radical (unpaired) electrons. The normalized spacial score (nSPS) is 13.8. The third-order valence-electron chi connectivity index (χ3n) is 4.81. The molecule has 148 valence electrons. The number of amides is 1. The first-order valence-corrected chi connectivity index (χ1v) is 9.42. The van der Waals surface area contributed by atoms with Crippen LogP contribution in [0.1, 0.15) is 10.4 Å². The summed E-state index contributed by atoms with van der Waals surface area (Å²) in [5.41, 5.74) is 1.45. The first-order valence-electron chi connectivity index (χ1n) is 9.42. The summed E-state index contributed by atoms with van der Waals surface area (Å²) in [6, 6.07) is 14.9. The average Bonchev–Trinajstić information content (AvgIpc) is 2.80. The predicted molar refractivity (Wildman–Crippen MR) is 111 cm³/mol. The highest BCUT2D eigenvalue weighted by molar-refractivity contribution is 5.97. The Morgan fingerprint density at radius 1 is 1.00 bits per heavy atom. The van der Waals surface area contributed by atoms with Crippen LogP contribution in [0.25, 0.3) is 0 Å². The standard InChI is InChI=1S/C21H22N6O2/c1-29-18-7-3-2-6-17(18)21(28)27-13-11-26(12-14-27)20-9-8-19(24-25-20)23-16-5-4-10-22-15-16/h2-10,15H,11-14H2,1H3,(H,23,24). The van der Waals surface area contributed by atoms with Gasteiger partial charge in [-0.25, -0.2) is 0 Å². The lowest BCUT2D eigenvalue weighted by Gasteiger charge is -2.35. The summed E-state index contributed by atoms with van der Waals surface area (Å²) >= 11 is 0. The van der Waals surface area contributed by atoms with Crippen LogP contribution in [0.3, 0.4) is 0 Å². The van der Waals surface area contributed by atoms with Crippen molar-refractivity contribution < 1.29 is 9.53 Å². The van der Waals surface area contributed by atoms with Crippen LogP contribution in [0.2, 0.25) is 0 Å². The number of nitrogens with one attached hydrogen (secondary N) is 1. The number of carbonyl (C=O) groups is 1. The van der Waals surface area contributed by atoms with Crippen LogP contribution in [0.4, 0.5) is 17.3 Å². The number of aromatic nitrogens is 3. The summed E-state index contributed by atoms with van der Waals surface area (Å²) < 4.78 is 5.32. The second-order valence-corrected chi connectivity index (χ2v) is 6.62. The molecule has 3 heterocycles. The number of piperazine rings is 1. The number of hydrogen-bond donors (Lipinski definition) is 1. The third kappa shape index (κ3) is 4.26. The summed E-state index contributed by atoms with van der Waals surface area (Å²) in [7, 11) is 1.58. The Balaban J connectivity index is 1.36. The van der Waals surface area contributed by atoms with Crippen molar-refractivity contribution in [1.29, 1.82) is 0 Å². The Kier molecular flexibility index (Phi) is 5.51. The highest BCUT2D eigenvalue weighted by atomic mass is 16.5. The number of para-hydroxylation sites is 1. The van der Waals surface area contributed by atoms with E-state index in [9.17, 15) is 4.79 Å². The number of methoxy groups -OCH3 is 1. The van der Waals surface area contributed by atoms with Crippen LogP contribution in [0.15, 0.2) is 60.9 Å². The maximum absolute atomic E-state index is 12.8. The third-order valence-corrected chi connectivity index (χ3v) is 4.81. The Bertz CT molecular complexity index is 956. The quantitative estimate of drug-likeness (QED) is 0.717. The smallest absolute Gasteiger partial charge is 0.257 e. The van der Waals surface area contributed by atoms with Gasteiger partial charge in [0, 0.05) is 32.4 Å². The predicted octanol–water partition coefficient (Wildman–Crippen LogP) is 2.59. The van der Waals surface area contributed by atoms with Crippen molar-refractivity contribution in [3.05, 3.63) is 66.5 Å². The average molecular weight is 390 g/mol. The number of benzene rings is 1. The number of nitrogens with zero attached hydrogens (tertiary/aromatic N) is 5. The second-order valence-electron chi connectivity index (χ2n) is 6.62. The van der Waals surface area contributed by atoms with Gasteiger partial charge < -0.3 is 19.9 Å². The maximum Gasteiger partial charge on any atom is 0.257 e. The fraction of sp³-hybridized carbons (Fsp3) is 0.238. The van der Waals surface area contributed by atoms with E-state index in [1.54, 1.807) is 31.6 Å². The summed E-state index contributed by atoms with van der Waals surface area (Å²) in [6.07, 6.45) is 3.45. The summed E-state index contributed by atoms with van der Waals surface area (Å²) in [6.45, 7) is 2.64. The van der Waals surface area contributed by atoms with Gasteiger partial charge in [0.2, 0.25) is 0 Å². The molecule has 8 nitrogen and oxygen atoms in total. The fourth-order valence-electron chi connectivity index (χ4n) is 3.28. The first-order chi connectivity index (χ1) is 14.2. The van der Waals surface area contributed by atoms with Crippen LogP contribution >= 0.6 is 0 Å². The fourth-order valence-corrected chi connectivity index (χ4v) is 3.28. The van der Waals surface area contributed by atoms with E-state index in [2.05, 4.69) is 25.4 Å². The topological polar surface area (TPSA) is 83.5 Å². The Morgan fingerprint density at radius 3 is 2.52 bits per heavy atom. The highest BCUT2D eigenvalue weighted by Gasteiger charge is 2.24. The number of carbonyl (C=O) groups excluding carboxylic acids is 1. The molecule has 0 bridgehead atoms. The first kappa shape index (κ1) is 18.7. The van der Waals surface area contributed by atoms with Gasteiger partial charge >= 0.3 is 0 Å². The van der Waals surface area contributed by atoms with Gasteiger partial charge in [-0.3, -0.25) is 9.78 Å². The minimum Gasteiger partial charge on any atom is -0.496 e. The number of anilines is 3. The molecule has 0 aliphatic carbocycles. The van der Waals surface area contributed by atoms with Gasteiger partial charge in [0.15, 0.2) is 11.6 Å². The van der Waals surface area contributed by atoms with Crippen LogP contribution in [-0.2, 0) is 0 Å². The minimum atomic E-state index is -0.01000. The van der Waals surface area contributed by atoms with Gasteiger partial charge in [0.05, 0.1) is 24.6 Å². The molecule has 1 fully saturated rings. The number of rotatable bonds is 5. The van der Waals surface area contributed by atoms with Gasteiger partial charge in [0.1, 0.15) is 5.75 Å². The second kappa shape index (κ2) is 8.55. The summed E-state index contributed by atoms with van der Waals surface area (Å²) in [5.74, 6) is 2.05. The van der Waals surface area contributed by atoms with E-state index in [0.29, 0.717) is 43.3 Å². The van der Waals surface area contributed by atoms with Gasteiger partial charge in [-0.1, -0.05) is 12.1 Å². The molecular formula is C21H22N6O2. The number of pyridine rings is 1.